The second kappa shape index (κ2) is 26.7. The first kappa shape index (κ1) is 38.1. The van der Waals surface area contributed by atoms with Crippen LogP contribution in [0.4, 0.5) is 4.79 Å². The van der Waals surface area contributed by atoms with E-state index in [9.17, 15) is 14.3 Å². The number of carbonyl (C=O) groups is 1. The number of halogens is 1. The standard InChI is InChI=1S/C32H57BrNO6P/c1-2-3-4-5-6-7-8-9-10-11-12-13-14-15-16-17-18-22-26-34(27-29-40-41(36,37)39-28-25-33)32(35)38-30-31-23-20-19-21-24-31/h19-21,23-24H,2-18,22,25-30H2,1H3,(H,36,37). The Hall–Kier alpha value is -0.920. The van der Waals surface area contributed by atoms with Crippen LogP contribution in [0.2, 0.25) is 0 Å². The number of nitrogens with zero attached hydrogens (tertiary/aromatic N) is 1. The molecule has 0 aliphatic carbocycles. The van der Waals surface area contributed by atoms with Crippen molar-refractivity contribution < 1.29 is 28.0 Å². The number of benzene rings is 1. The Balaban J connectivity index is 2.15. The molecule has 1 aromatic carbocycles. The van der Waals surface area contributed by atoms with E-state index in [2.05, 4.69) is 22.9 Å². The van der Waals surface area contributed by atoms with E-state index in [-0.39, 0.29) is 26.4 Å². The molecule has 1 amide bonds. The summed E-state index contributed by atoms with van der Waals surface area (Å²) in [6.45, 7) is 3.10. The second-order valence-corrected chi connectivity index (χ2v) is 13.1. The van der Waals surface area contributed by atoms with E-state index in [1.165, 1.54) is 96.3 Å². The predicted octanol–water partition coefficient (Wildman–Crippen LogP) is 10.2. The average Bonchev–Trinajstić information content (AvgIpc) is 2.97. The maximum absolute atomic E-state index is 12.7. The molecule has 0 aliphatic rings. The lowest BCUT2D eigenvalue weighted by atomic mass is 10.0. The van der Waals surface area contributed by atoms with Gasteiger partial charge < -0.3 is 14.5 Å². The Labute approximate surface area is 258 Å². The molecule has 1 atom stereocenters. The number of phosphoric acid groups is 1. The van der Waals surface area contributed by atoms with Gasteiger partial charge in [-0.2, -0.15) is 0 Å². The maximum atomic E-state index is 12.7. The minimum Gasteiger partial charge on any atom is -0.445 e. The van der Waals surface area contributed by atoms with Crippen LogP contribution in [0, 0.1) is 0 Å². The van der Waals surface area contributed by atoms with E-state index < -0.39 is 13.9 Å². The van der Waals surface area contributed by atoms with Gasteiger partial charge in [-0.05, 0) is 12.0 Å². The molecule has 0 saturated heterocycles. The highest BCUT2D eigenvalue weighted by Gasteiger charge is 2.22. The maximum Gasteiger partial charge on any atom is 0.472 e. The summed E-state index contributed by atoms with van der Waals surface area (Å²) in [7, 11) is -4.13. The molecule has 1 rings (SSSR count). The summed E-state index contributed by atoms with van der Waals surface area (Å²) < 4.78 is 27.3. The Morgan fingerprint density at radius 2 is 1.20 bits per heavy atom. The first-order valence-corrected chi connectivity index (χ1v) is 18.7. The Bertz CT molecular complexity index is 785. The average molecular weight is 663 g/mol. The number of hydrogen-bond donors (Lipinski definition) is 1. The topological polar surface area (TPSA) is 85.3 Å². The third kappa shape index (κ3) is 23.2. The van der Waals surface area contributed by atoms with Gasteiger partial charge in [0.1, 0.15) is 6.61 Å². The predicted molar refractivity (Wildman–Crippen MR) is 173 cm³/mol. The highest BCUT2D eigenvalue weighted by molar-refractivity contribution is 9.09. The van der Waals surface area contributed by atoms with Crippen molar-refractivity contribution in [2.75, 3.05) is 31.6 Å². The summed E-state index contributed by atoms with van der Waals surface area (Å²) >= 11 is 3.15. The lowest BCUT2D eigenvalue weighted by Crippen LogP contribution is -2.35. The smallest absolute Gasteiger partial charge is 0.445 e. The molecular weight excluding hydrogens is 605 g/mol. The number of rotatable bonds is 28. The van der Waals surface area contributed by atoms with Gasteiger partial charge in [0, 0.05) is 18.4 Å². The van der Waals surface area contributed by atoms with Crippen molar-refractivity contribution in [2.45, 2.75) is 129 Å². The van der Waals surface area contributed by atoms with Gasteiger partial charge in [0.25, 0.3) is 0 Å². The van der Waals surface area contributed by atoms with Crippen LogP contribution in [0.25, 0.3) is 0 Å². The van der Waals surface area contributed by atoms with Crippen molar-refractivity contribution in [3.05, 3.63) is 35.9 Å². The summed E-state index contributed by atoms with van der Waals surface area (Å²) in [4.78, 5) is 24.0. The summed E-state index contributed by atoms with van der Waals surface area (Å²) in [5.41, 5.74) is 0.910. The van der Waals surface area contributed by atoms with Crippen LogP contribution in [0.15, 0.2) is 30.3 Å². The highest BCUT2D eigenvalue weighted by Crippen LogP contribution is 2.42. The van der Waals surface area contributed by atoms with Crippen molar-refractivity contribution >= 4 is 29.8 Å². The molecule has 7 nitrogen and oxygen atoms in total. The zero-order valence-corrected chi connectivity index (χ0v) is 28.1. The number of amides is 1. The zero-order chi connectivity index (χ0) is 29.9. The number of carbonyl (C=O) groups excluding carboxylic acids is 1. The quantitative estimate of drug-likeness (QED) is 0.0546. The fourth-order valence-corrected chi connectivity index (χ4v) is 5.88. The summed E-state index contributed by atoms with van der Waals surface area (Å²) in [6, 6.07) is 9.53. The van der Waals surface area contributed by atoms with E-state index in [1.807, 2.05) is 30.3 Å². The van der Waals surface area contributed by atoms with Crippen molar-refractivity contribution in [1.29, 1.82) is 0 Å². The molecule has 0 spiro atoms. The van der Waals surface area contributed by atoms with Crippen LogP contribution >= 0.6 is 23.8 Å². The van der Waals surface area contributed by atoms with Crippen LogP contribution in [0.3, 0.4) is 0 Å². The van der Waals surface area contributed by atoms with Gasteiger partial charge in [-0.3, -0.25) is 9.05 Å². The molecule has 0 fully saturated rings. The van der Waals surface area contributed by atoms with Crippen LogP contribution in [-0.2, 0) is 25.0 Å². The molecule has 9 heteroatoms. The Morgan fingerprint density at radius 1 is 0.732 bits per heavy atom. The first-order chi connectivity index (χ1) is 20.0. The van der Waals surface area contributed by atoms with Gasteiger partial charge in [-0.15, -0.1) is 0 Å². The molecule has 1 N–H and O–H groups in total. The number of phosphoric ester groups is 1. The molecule has 0 heterocycles. The molecule has 1 unspecified atom stereocenters. The fraction of sp³-hybridized carbons (Fsp3) is 0.781. The molecule has 0 aliphatic heterocycles. The van der Waals surface area contributed by atoms with E-state index in [0.717, 1.165) is 24.8 Å². The monoisotopic (exact) mass is 661 g/mol. The molecule has 0 radical (unpaired) electrons. The zero-order valence-electron chi connectivity index (χ0n) is 25.6. The lowest BCUT2D eigenvalue weighted by molar-refractivity contribution is 0.0834. The minimum atomic E-state index is -4.13. The van der Waals surface area contributed by atoms with Gasteiger partial charge in [-0.25, -0.2) is 9.36 Å². The van der Waals surface area contributed by atoms with Crippen LogP contribution in [0.1, 0.15) is 128 Å². The van der Waals surface area contributed by atoms with E-state index >= 15 is 0 Å². The first-order valence-electron chi connectivity index (χ1n) is 16.1. The summed E-state index contributed by atoms with van der Waals surface area (Å²) in [5, 5.41) is 0.429. The highest BCUT2D eigenvalue weighted by atomic mass is 79.9. The minimum absolute atomic E-state index is 0.0654. The van der Waals surface area contributed by atoms with Crippen molar-refractivity contribution in [1.82, 2.24) is 4.90 Å². The SMILES string of the molecule is CCCCCCCCCCCCCCCCCCCCN(CCOP(=O)(O)OCCBr)C(=O)OCc1ccccc1. The molecule has 0 bridgehead atoms. The summed E-state index contributed by atoms with van der Waals surface area (Å²) in [5.74, 6) is 0. The summed E-state index contributed by atoms with van der Waals surface area (Å²) in [6.07, 6.45) is 23.1. The van der Waals surface area contributed by atoms with Crippen LogP contribution in [-0.4, -0.2) is 47.5 Å². The molecule has 1 aromatic rings. The largest absolute Gasteiger partial charge is 0.472 e. The molecule has 238 valence electrons. The molecular formula is C32H57BrNO6P. The normalized spacial score (nSPS) is 12.8. The van der Waals surface area contributed by atoms with Crippen molar-refractivity contribution in [2.24, 2.45) is 0 Å². The van der Waals surface area contributed by atoms with Gasteiger partial charge in [0.05, 0.1) is 13.2 Å². The third-order valence-corrected chi connectivity index (χ3v) is 8.53. The van der Waals surface area contributed by atoms with Gasteiger partial charge in [0.2, 0.25) is 0 Å². The third-order valence-electron chi connectivity index (χ3n) is 7.19. The van der Waals surface area contributed by atoms with Crippen molar-refractivity contribution in [3.63, 3.8) is 0 Å². The molecule has 41 heavy (non-hydrogen) atoms. The van der Waals surface area contributed by atoms with Crippen LogP contribution in [0.5, 0.6) is 0 Å². The Kier molecular flexibility index (Phi) is 24.8. The number of ether oxygens (including phenoxy) is 1. The number of unbranched alkanes of at least 4 members (excludes halogenated alkanes) is 17. The number of alkyl halides is 1. The molecule has 0 aromatic heterocycles. The van der Waals surface area contributed by atoms with E-state index in [1.54, 1.807) is 4.90 Å². The molecule has 0 saturated carbocycles. The van der Waals surface area contributed by atoms with Gasteiger partial charge in [0.15, 0.2) is 0 Å². The van der Waals surface area contributed by atoms with E-state index in [0.29, 0.717) is 11.9 Å². The second-order valence-electron chi connectivity index (χ2n) is 10.9. The number of hydrogen-bond acceptors (Lipinski definition) is 5. The van der Waals surface area contributed by atoms with Crippen molar-refractivity contribution in [3.8, 4) is 0 Å². The van der Waals surface area contributed by atoms with Crippen LogP contribution < -0.4 is 0 Å². The van der Waals surface area contributed by atoms with Gasteiger partial charge >= 0.3 is 13.9 Å². The van der Waals surface area contributed by atoms with Gasteiger partial charge in [-0.1, -0.05) is 162 Å². The fourth-order valence-electron chi connectivity index (χ4n) is 4.76. The lowest BCUT2D eigenvalue weighted by Gasteiger charge is -2.22. The van der Waals surface area contributed by atoms with E-state index in [4.69, 9.17) is 13.8 Å². The Morgan fingerprint density at radius 3 is 1.68 bits per heavy atom.